The van der Waals surface area contributed by atoms with E-state index in [0.29, 0.717) is 24.1 Å². The van der Waals surface area contributed by atoms with Crippen LogP contribution in [0.5, 0.6) is 0 Å². The van der Waals surface area contributed by atoms with Crippen molar-refractivity contribution in [3.8, 4) is 0 Å². The minimum Gasteiger partial charge on any atom is -0.469 e. The standard InChI is InChI=1S/C12H17N3O3/c1-18-11(17)6-9-4-5-13-12(15-9)14-7-10(16)8-2-3-8/h4-5,8,10,16H,2-3,6-7H2,1H3,(H,13,14,15)/t10-/m1/s1. The van der Waals surface area contributed by atoms with Crippen LogP contribution in [0.25, 0.3) is 0 Å². The summed E-state index contributed by atoms with van der Waals surface area (Å²) in [5.74, 6) is 0.504. The molecule has 2 rings (SSSR count). The zero-order valence-electron chi connectivity index (χ0n) is 10.3. The number of hydrogen-bond acceptors (Lipinski definition) is 6. The van der Waals surface area contributed by atoms with Gasteiger partial charge in [0.05, 0.1) is 25.3 Å². The molecule has 0 saturated heterocycles. The topological polar surface area (TPSA) is 84.3 Å². The van der Waals surface area contributed by atoms with Crippen LogP contribution in [0.1, 0.15) is 18.5 Å². The van der Waals surface area contributed by atoms with E-state index in [1.807, 2.05) is 0 Å². The average Bonchev–Trinajstić information content (AvgIpc) is 3.20. The van der Waals surface area contributed by atoms with Crippen LogP contribution in [0.2, 0.25) is 0 Å². The molecule has 0 aliphatic heterocycles. The van der Waals surface area contributed by atoms with Crippen LogP contribution < -0.4 is 5.32 Å². The van der Waals surface area contributed by atoms with Crippen molar-refractivity contribution in [1.82, 2.24) is 9.97 Å². The summed E-state index contributed by atoms with van der Waals surface area (Å²) in [6.45, 7) is 0.437. The first kappa shape index (κ1) is 12.8. The van der Waals surface area contributed by atoms with Gasteiger partial charge in [-0.1, -0.05) is 0 Å². The molecule has 0 spiro atoms. The first-order valence-electron chi connectivity index (χ1n) is 5.99. The molecule has 0 unspecified atom stereocenters. The number of rotatable bonds is 6. The Morgan fingerprint density at radius 2 is 2.44 bits per heavy atom. The Balaban J connectivity index is 1.87. The Kier molecular flexibility index (Phi) is 4.09. The summed E-state index contributed by atoms with van der Waals surface area (Å²) in [6, 6.07) is 1.67. The molecule has 1 aromatic heterocycles. The molecule has 1 aromatic rings. The molecule has 6 nitrogen and oxygen atoms in total. The fourth-order valence-corrected chi connectivity index (χ4v) is 1.64. The maximum Gasteiger partial charge on any atom is 0.311 e. The number of methoxy groups -OCH3 is 1. The molecule has 1 heterocycles. The SMILES string of the molecule is COC(=O)Cc1ccnc(NC[C@@H](O)C2CC2)n1. The van der Waals surface area contributed by atoms with Gasteiger partial charge in [0.1, 0.15) is 0 Å². The lowest BCUT2D eigenvalue weighted by molar-refractivity contribution is -0.139. The van der Waals surface area contributed by atoms with Gasteiger partial charge >= 0.3 is 5.97 Å². The van der Waals surface area contributed by atoms with Crippen molar-refractivity contribution in [2.75, 3.05) is 19.0 Å². The number of esters is 1. The predicted octanol–water partition coefficient (Wildman–Crippen LogP) is 0.375. The summed E-state index contributed by atoms with van der Waals surface area (Å²) in [5.41, 5.74) is 0.597. The van der Waals surface area contributed by atoms with Gasteiger partial charge in [0.15, 0.2) is 0 Å². The van der Waals surface area contributed by atoms with E-state index >= 15 is 0 Å². The van der Waals surface area contributed by atoms with E-state index < -0.39 is 0 Å². The summed E-state index contributed by atoms with van der Waals surface area (Å²) < 4.78 is 4.57. The number of aliphatic hydroxyl groups is 1. The monoisotopic (exact) mass is 251 g/mol. The lowest BCUT2D eigenvalue weighted by Gasteiger charge is -2.10. The molecule has 18 heavy (non-hydrogen) atoms. The highest BCUT2D eigenvalue weighted by molar-refractivity contribution is 5.71. The highest BCUT2D eigenvalue weighted by atomic mass is 16.5. The molecule has 1 saturated carbocycles. The van der Waals surface area contributed by atoms with Crippen molar-refractivity contribution in [3.63, 3.8) is 0 Å². The van der Waals surface area contributed by atoms with Crippen molar-refractivity contribution in [2.24, 2.45) is 5.92 Å². The molecule has 98 valence electrons. The second kappa shape index (κ2) is 5.77. The lowest BCUT2D eigenvalue weighted by Crippen LogP contribution is -2.22. The third-order valence-corrected chi connectivity index (χ3v) is 2.90. The van der Waals surface area contributed by atoms with Gasteiger partial charge in [-0.3, -0.25) is 4.79 Å². The maximum atomic E-state index is 11.1. The van der Waals surface area contributed by atoms with Crippen LogP contribution in [0.15, 0.2) is 12.3 Å². The zero-order valence-corrected chi connectivity index (χ0v) is 10.3. The number of carbonyl (C=O) groups excluding carboxylic acids is 1. The fraction of sp³-hybridized carbons (Fsp3) is 0.583. The van der Waals surface area contributed by atoms with Crippen LogP contribution in [0, 0.1) is 5.92 Å². The average molecular weight is 251 g/mol. The molecule has 0 amide bonds. The highest BCUT2D eigenvalue weighted by Crippen LogP contribution is 2.32. The van der Waals surface area contributed by atoms with Gasteiger partial charge in [0.25, 0.3) is 0 Å². The molecular formula is C12H17N3O3. The van der Waals surface area contributed by atoms with Crippen LogP contribution in [0.4, 0.5) is 5.95 Å². The molecule has 6 heteroatoms. The third-order valence-electron chi connectivity index (χ3n) is 2.90. The number of aliphatic hydroxyl groups excluding tert-OH is 1. The van der Waals surface area contributed by atoms with Gasteiger partial charge in [-0.2, -0.15) is 0 Å². The molecule has 0 aromatic carbocycles. The number of hydrogen-bond donors (Lipinski definition) is 2. The quantitative estimate of drug-likeness (QED) is 0.711. The molecule has 1 aliphatic rings. The Hall–Kier alpha value is -1.69. The van der Waals surface area contributed by atoms with Crippen LogP contribution in [-0.4, -0.2) is 40.8 Å². The van der Waals surface area contributed by atoms with E-state index in [-0.39, 0.29) is 18.5 Å². The highest BCUT2D eigenvalue weighted by Gasteiger charge is 2.29. The maximum absolute atomic E-state index is 11.1. The van der Waals surface area contributed by atoms with Gasteiger partial charge in [0.2, 0.25) is 5.95 Å². The number of anilines is 1. The number of nitrogens with one attached hydrogen (secondary N) is 1. The molecular weight excluding hydrogens is 234 g/mol. The van der Waals surface area contributed by atoms with E-state index in [0.717, 1.165) is 12.8 Å². The number of aromatic nitrogens is 2. The Morgan fingerprint density at radius 1 is 1.67 bits per heavy atom. The van der Waals surface area contributed by atoms with Gasteiger partial charge in [-0.25, -0.2) is 9.97 Å². The largest absolute Gasteiger partial charge is 0.469 e. The third kappa shape index (κ3) is 3.66. The minimum absolute atomic E-state index is 0.124. The van der Waals surface area contributed by atoms with Crippen molar-refractivity contribution in [3.05, 3.63) is 18.0 Å². The smallest absolute Gasteiger partial charge is 0.311 e. The normalized spacial score (nSPS) is 16.1. The first-order chi connectivity index (χ1) is 8.69. The second-order valence-electron chi connectivity index (χ2n) is 4.41. The molecule has 1 fully saturated rings. The van der Waals surface area contributed by atoms with E-state index in [4.69, 9.17) is 0 Å². The molecule has 0 radical (unpaired) electrons. The minimum atomic E-state index is -0.349. The summed E-state index contributed by atoms with van der Waals surface area (Å²) >= 11 is 0. The van der Waals surface area contributed by atoms with Crippen molar-refractivity contribution in [2.45, 2.75) is 25.4 Å². The summed E-state index contributed by atoms with van der Waals surface area (Å²) in [4.78, 5) is 19.3. The second-order valence-corrected chi connectivity index (χ2v) is 4.41. The summed E-state index contributed by atoms with van der Waals surface area (Å²) in [6.07, 6.45) is 3.53. The Morgan fingerprint density at radius 3 is 3.11 bits per heavy atom. The van der Waals surface area contributed by atoms with E-state index in [9.17, 15) is 9.90 Å². The number of ether oxygens (including phenoxy) is 1. The lowest BCUT2D eigenvalue weighted by atomic mass is 10.2. The van der Waals surface area contributed by atoms with Gasteiger partial charge in [-0.15, -0.1) is 0 Å². The van der Waals surface area contributed by atoms with E-state index in [1.54, 1.807) is 12.3 Å². The molecule has 2 N–H and O–H groups in total. The van der Waals surface area contributed by atoms with Gasteiger partial charge < -0.3 is 15.2 Å². The number of nitrogens with zero attached hydrogens (tertiary/aromatic N) is 2. The molecule has 1 atom stereocenters. The van der Waals surface area contributed by atoms with Crippen molar-refractivity contribution >= 4 is 11.9 Å². The first-order valence-corrected chi connectivity index (χ1v) is 5.99. The van der Waals surface area contributed by atoms with Crippen LogP contribution in [-0.2, 0) is 16.0 Å². The number of carbonyl (C=O) groups is 1. The zero-order chi connectivity index (χ0) is 13.0. The van der Waals surface area contributed by atoms with Crippen LogP contribution >= 0.6 is 0 Å². The molecule has 0 bridgehead atoms. The summed E-state index contributed by atoms with van der Waals surface area (Å²) in [7, 11) is 1.34. The van der Waals surface area contributed by atoms with Crippen molar-refractivity contribution < 1.29 is 14.6 Å². The van der Waals surface area contributed by atoms with E-state index in [2.05, 4.69) is 20.0 Å². The van der Waals surface area contributed by atoms with Gasteiger partial charge in [-0.05, 0) is 24.8 Å². The Labute approximate surface area is 105 Å². The van der Waals surface area contributed by atoms with E-state index in [1.165, 1.54) is 7.11 Å². The fourth-order valence-electron chi connectivity index (χ4n) is 1.64. The van der Waals surface area contributed by atoms with Crippen LogP contribution in [0.3, 0.4) is 0 Å². The Bertz CT molecular complexity index is 421. The molecule has 1 aliphatic carbocycles. The van der Waals surface area contributed by atoms with Crippen molar-refractivity contribution in [1.29, 1.82) is 0 Å². The predicted molar refractivity (Wildman–Crippen MR) is 65.0 cm³/mol. The van der Waals surface area contributed by atoms with Gasteiger partial charge in [0, 0.05) is 12.7 Å². The summed E-state index contributed by atoms with van der Waals surface area (Å²) in [5, 5.41) is 12.7.